The fourth-order valence-corrected chi connectivity index (χ4v) is 4.27. The first kappa shape index (κ1) is 26.4. The highest BCUT2D eigenvalue weighted by molar-refractivity contribution is 5.91. The zero-order valence-electron chi connectivity index (χ0n) is 20.7. The van der Waals surface area contributed by atoms with E-state index < -0.39 is 17.7 Å². The van der Waals surface area contributed by atoms with Gasteiger partial charge in [-0.1, -0.05) is 43.5 Å². The van der Waals surface area contributed by atoms with E-state index in [2.05, 4.69) is 17.2 Å². The summed E-state index contributed by atoms with van der Waals surface area (Å²) in [5.41, 5.74) is 1.99. The van der Waals surface area contributed by atoms with Crippen LogP contribution >= 0.6 is 0 Å². The quantitative estimate of drug-likeness (QED) is 0.569. The minimum Gasteiger partial charge on any atom is -0.444 e. The topological polar surface area (TPSA) is 87.7 Å². The molecule has 1 atom stereocenters. The van der Waals surface area contributed by atoms with E-state index in [1.54, 1.807) is 26.8 Å². The molecule has 33 heavy (non-hydrogen) atoms. The van der Waals surface area contributed by atoms with Crippen LogP contribution in [0.2, 0.25) is 0 Å². The van der Waals surface area contributed by atoms with Crippen LogP contribution in [-0.4, -0.2) is 47.5 Å². The number of carbonyl (C=O) groups excluding carboxylic acids is 3. The highest BCUT2D eigenvalue weighted by atomic mass is 16.6. The maximum Gasteiger partial charge on any atom is 0.408 e. The lowest BCUT2D eigenvalue weighted by atomic mass is 9.92. The number of carbonyl (C=O) groups is 3. The number of aryl methyl sites for hydroxylation is 2. The maximum absolute atomic E-state index is 13.6. The Morgan fingerprint density at radius 2 is 1.76 bits per heavy atom. The molecule has 0 heterocycles. The molecule has 0 radical (unpaired) electrons. The van der Waals surface area contributed by atoms with Crippen LogP contribution in [0.3, 0.4) is 0 Å². The van der Waals surface area contributed by atoms with Gasteiger partial charge in [-0.15, -0.1) is 6.58 Å². The van der Waals surface area contributed by atoms with Crippen LogP contribution in [-0.2, 0) is 14.3 Å². The fraction of sp³-hybridized carbons (Fsp3) is 0.577. The molecule has 3 amide bonds. The normalized spacial score (nSPS) is 15.3. The fourth-order valence-electron chi connectivity index (χ4n) is 4.27. The minimum absolute atomic E-state index is 0.110. The number of alkyl carbamates (subject to hydrolysis) is 1. The van der Waals surface area contributed by atoms with Crippen molar-refractivity contribution in [3.05, 3.63) is 47.5 Å². The highest BCUT2D eigenvalue weighted by Gasteiger charge is 2.34. The van der Waals surface area contributed by atoms with E-state index in [0.29, 0.717) is 0 Å². The Labute approximate surface area is 197 Å². The van der Waals surface area contributed by atoms with Crippen molar-refractivity contribution in [3.8, 4) is 0 Å². The Hall–Kier alpha value is -2.83. The Morgan fingerprint density at radius 3 is 2.30 bits per heavy atom. The van der Waals surface area contributed by atoms with Crippen LogP contribution in [0.1, 0.15) is 75.6 Å². The smallest absolute Gasteiger partial charge is 0.408 e. The van der Waals surface area contributed by atoms with Crippen molar-refractivity contribution in [1.82, 2.24) is 15.5 Å². The second-order valence-corrected chi connectivity index (χ2v) is 9.74. The van der Waals surface area contributed by atoms with Gasteiger partial charge in [0.25, 0.3) is 0 Å². The van der Waals surface area contributed by atoms with Crippen molar-refractivity contribution in [1.29, 1.82) is 0 Å². The molecule has 0 aromatic heterocycles. The lowest BCUT2D eigenvalue weighted by molar-refractivity contribution is -0.140. The molecule has 0 saturated heterocycles. The van der Waals surface area contributed by atoms with Gasteiger partial charge in [-0.25, -0.2) is 4.79 Å². The van der Waals surface area contributed by atoms with E-state index in [-0.39, 0.29) is 30.9 Å². The Kier molecular flexibility index (Phi) is 9.50. The summed E-state index contributed by atoms with van der Waals surface area (Å²) in [6, 6.07) is 5.11. The molecule has 2 N–H and O–H groups in total. The number of benzene rings is 1. The SMILES string of the molecule is C=CCN(C(=O)CNC(=O)OC(C)(C)C)C(C(=O)NC1CCCCC1)c1c(C)cccc1C. The van der Waals surface area contributed by atoms with E-state index in [1.165, 1.54) is 11.3 Å². The summed E-state index contributed by atoms with van der Waals surface area (Å²) in [5, 5.41) is 5.70. The van der Waals surface area contributed by atoms with Crippen molar-refractivity contribution in [2.75, 3.05) is 13.1 Å². The Bertz CT molecular complexity index is 833. The van der Waals surface area contributed by atoms with Crippen molar-refractivity contribution in [3.63, 3.8) is 0 Å². The first-order chi connectivity index (χ1) is 15.5. The van der Waals surface area contributed by atoms with Gasteiger partial charge >= 0.3 is 6.09 Å². The third kappa shape index (κ3) is 7.91. The molecule has 0 spiro atoms. The van der Waals surface area contributed by atoms with E-state index in [1.807, 2.05) is 32.0 Å². The summed E-state index contributed by atoms with van der Waals surface area (Å²) in [6.07, 6.45) is 6.18. The molecule has 0 aliphatic heterocycles. The van der Waals surface area contributed by atoms with E-state index in [9.17, 15) is 14.4 Å². The summed E-state index contributed by atoms with van der Waals surface area (Å²) in [5.74, 6) is -0.584. The summed E-state index contributed by atoms with van der Waals surface area (Å²) in [4.78, 5) is 40.4. The molecule has 7 nitrogen and oxygen atoms in total. The van der Waals surface area contributed by atoms with E-state index >= 15 is 0 Å². The molecule has 1 aromatic carbocycles. The largest absolute Gasteiger partial charge is 0.444 e. The van der Waals surface area contributed by atoms with Gasteiger partial charge in [-0.2, -0.15) is 0 Å². The Morgan fingerprint density at radius 1 is 1.15 bits per heavy atom. The number of ether oxygens (including phenoxy) is 1. The summed E-state index contributed by atoms with van der Waals surface area (Å²) in [7, 11) is 0. The zero-order chi connectivity index (χ0) is 24.6. The molecule has 182 valence electrons. The molecule has 1 aliphatic rings. The third-order valence-corrected chi connectivity index (χ3v) is 5.76. The lowest BCUT2D eigenvalue weighted by Crippen LogP contribution is -2.50. The number of amides is 3. The van der Waals surface area contributed by atoms with Crippen LogP contribution in [0.15, 0.2) is 30.9 Å². The molecular weight excluding hydrogens is 418 g/mol. The molecule has 0 bridgehead atoms. The van der Waals surface area contributed by atoms with Crippen molar-refractivity contribution >= 4 is 17.9 Å². The second kappa shape index (κ2) is 11.9. The average molecular weight is 458 g/mol. The number of hydrogen-bond donors (Lipinski definition) is 2. The molecular formula is C26H39N3O4. The average Bonchev–Trinajstić information content (AvgIpc) is 2.73. The lowest BCUT2D eigenvalue weighted by Gasteiger charge is -2.34. The summed E-state index contributed by atoms with van der Waals surface area (Å²) >= 11 is 0. The third-order valence-electron chi connectivity index (χ3n) is 5.76. The highest BCUT2D eigenvalue weighted by Crippen LogP contribution is 2.29. The van der Waals surface area contributed by atoms with Gasteiger partial charge in [0.15, 0.2) is 0 Å². The summed E-state index contributed by atoms with van der Waals surface area (Å²) < 4.78 is 5.24. The molecule has 2 rings (SSSR count). The minimum atomic E-state index is -0.820. The van der Waals surface area contributed by atoms with E-state index in [0.717, 1.165) is 42.4 Å². The second-order valence-electron chi connectivity index (χ2n) is 9.74. The standard InChI is InChI=1S/C26H39N3O4/c1-7-16-29(21(30)17-27-25(32)33-26(4,5)6)23(22-18(2)12-11-13-19(22)3)24(31)28-20-14-9-8-10-15-20/h7,11-13,20,23H,1,8-10,14-17H2,2-6H3,(H,27,32)(H,28,31). The van der Waals surface area contributed by atoms with Crippen LogP contribution in [0.25, 0.3) is 0 Å². The molecule has 1 unspecified atom stereocenters. The monoisotopic (exact) mass is 457 g/mol. The molecule has 7 heteroatoms. The van der Waals surface area contributed by atoms with Gasteiger partial charge in [0.2, 0.25) is 11.8 Å². The molecule has 1 aliphatic carbocycles. The van der Waals surface area contributed by atoms with Gasteiger partial charge in [-0.3, -0.25) is 9.59 Å². The van der Waals surface area contributed by atoms with Crippen LogP contribution in [0.5, 0.6) is 0 Å². The number of nitrogens with one attached hydrogen (secondary N) is 2. The zero-order valence-corrected chi connectivity index (χ0v) is 20.7. The van der Waals surface area contributed by atoms with Gasteiger partial charge in [0, 0.05) is 12.6 Å². The van der Waals surface area contributed by atoms with Gasteiger partial charge in [-0.05, 0) is 64.2 Å². The first-order valence-electron chi connectivity index (χ1n) is 11.8. The number of hydrogen-bond acceptors (Lipinski definition) is 4. The molecule has 1 fully saturated rings. The number of nitrogens with zero attached hydrogens (tertiary/aromatic N) is 1. The molecule has 1 aromatic rings. The predicted octanol–water partition coefficient (Wildman–Crippen LogP) is 4.33. The predicted molar refractivity (Wildman–Crippen MR) is 130 cm³/mol. The van der Waals surface area contributed by atoms with Gasteiger partial charge in [0.1, 0.15) is 18.2 Å². The summed E-state index contributed by atoms with van der Waals surface area (Å²) in [6.45, 7) is 12.8. The van der Waals surface area contributed by atoms with Crippen molar-refractivity contribution in [2.45, 2.75) is 84.4 Å². The van der Waals surface area contributed by atoms with Gasteiger partial charge < -0.3 is 20.3 Å². The van der Waals surface area contributed by atoms with Gasteiger partial charge in [0.05, 0.1) is 0 Å². The van der Waals surface area contributed by atoms with Crippen LogP contribution in [0.4, 0.5) is 4.79 Å². The maximum atomic E-state index is 13.6. The van der Waals surface area contributed by atoms with Crippen LogP contribution in [0, 0.1) is 13.8 Å². The van der Waals surface area contributed by atoms with E-state index in [4.69, 9.17) is 4.74 Å². The number of rotatable bonds is 8. The Balaban J connectivity index is 2.32. The van der Waals surface area contributed by atoms with Crippen LogP contribution < -0.4 is 10.6 Å². The van der Waals surface area contributed by atoms with Crippen molar-refractivity contribution < 1.29 is 19.1 Å². The first-order valence-corrected chi connectivity index (χ1v) is 11.8. The van der Waals surface area contributed by atoms with Crippen molar-refractivity contribution in [2.24, 2.45) is 0 Å². The molecule has 1 saturated carbocycles.